The van der Waals surface area contributed by atoms with Gasteiger partial charge in [0, 0.05) is 30.3 Å². The molecule has 2 aromatic rings. The van der Waals surface area contributed by atoms with Crippen LogP contribution in [0.2, 0.25) is 0 Å². The number of rotatable bonds is 5. The summed E-state index contributed by atoms with van der Waals surface area (Å²) < 4.78 is 0. The van der Waals surface area contributed by atoms with Crippen LogP contribution in [0.15, 0.2) is 41.6 Å². The first-order chi connectivity index (χ1) is 11.6. The molecule has 1 amide bonds. The van der Waals surface area contributed by atoms with Crippen molar-refractivity contribution in [2.45, 2.75) is 25.7 Å². The van der Waals surface area contributed by atoms with E-state index >= 15 is 0 Å². The smallest absolute Gasteiger partial charge is 0.249 e. The van der Waals surface area contributed by atoms with Crippen molar-refractivity contribution < 1.29 is 9.63 Å². The summed E-state index contributed by atoms with van der Waals surface area (Å²) in [7, 11) is -1.31. The van der Waals surface area contributed by atoms with E-state index in [-0.39, 0.29) is 5.91 Å². The van der Waals surface area contributed by atoms with Crippen LogP contribution in [-0.2, 0) is 4.79 Å². The molecule has 0 atom stereocenters. The fraction of sp³-hybridized carbons (Fsp3) is 0.278. The Labute approximate surface area is 143 Å². The molecule has 6 heteroatoms. The fourth-order valence-corrected chi connectivity index (χ4v) is 6.77. The number of fused-ring (bicyclic) bond motifs is 1. The van der Waals surface area contributed by atoms with E-state index in [1.54, 1.807) is 6.20 Å². The van der Waals surface area contributed by atoms with Crippen molar-refractivity contribution in [1.29, 1.82) is 0 Å². The van der Waals surface area contributed by atoms with Crippen LogP contribution in [0.1, 0.15) is 32.2 Å². The molecule has 5 nitrogen and oxygen atoms in total. The molecule has 0 unspecified atom stereocenters. The summed E-state index contributed by atoms with van der Waals surface area (Å²) >= 11 is 0. The average molecular weight is 343 g/mol. The summed E-state index contributed by atoms with van der Waals surface area (Å²) in [4.78, 5) is 28.2. The third kappa shape index (κ3) is 2.67. The summed E-state index contributed by atoms with van der Waals surface area (Å²) in [6, 6.07) is 7.78. The fourth-order valence-electron chi connectivity index (χ4n) is 3.08. The molecule has 1 aliphatic rings. The summed E-state index contributed by atoms with van der Waals surface area (Å²) in [5.74, 6) is 2.39. The molecule has 1 aliphatic heterocycles. The van der Waals surface area contributed by atoms with E-state index in [4.69, 9.17) is 4.84 Å². The number of hydroxylamine groups is 1. The lowest BCUT2D eigenvalue weighted by molar-refractivity contribution is -0.125. The van der Waals surface area contributed by atoms with E-state index in [1.165, 1.54) is 11.8 Å². The standard InChI is InChI=1S/C18H21N3O2S/c1-4-24(5-2)17(14-8-6-7-10-19-14)12-15-18(24)16(9-11-20-15)23-21-13(3)22/h6-12H,4-5H2,1-3H3,(H,21,22). The molecule has 3 heterocycles. The number of carbonyl (C=O) groups is 1. The quantitative estimate of drug-likeness (QED) is 0.842. The molecule has 0 spiro atoms. The van der Waals surface area contributed by atoms with Gasteiger partial charge >= 0.3 is 0 Å². The van der Waals surface area contributed by atoms with Crippen molar-refractivity contribution in [3.63, 3.8) is 0 Å². The highest BCUT2D eigenvalue weighted by Crippen LogP contribution is 2.71. The number of amides is 1. The van der Waals surface area contributed by atoms with Crippen LogP contribution >= 0.6 is 10.0 Å². The first-order valence-corrected chi connectivity index (χ1v) is 9.94. The van der Waals surface area contributed by atoms with Crippen LogP contribution < -0.4 is 10.3 Å². The van der Waals surface area contributed by atoms with Gasteiger partial charge in [-0.15, -0.1) is 0 Å². The Bertz CT molecular complexity index is 786. The number of aromatic nitrogens is 2. The Morgan fingerprint density at radius 2 is 1.96 bits per heavy atom. The molecule has 2 aromatic heterocycles. The van der Waals surface area contributed by atoms with E-state index < -0.39 is 10.0 Å². The van der Waals surface area contributed by atoms with Crippen LogP contribution in [0.25, 0.3) is 11.0 Å². The monoisotopic (exact) mass is 343 g/mol. The molecule has 0 saturated heterocycles. The van der Waals surface area contributed by atoms with Crippen molar-refractivity contribution in [3.8, 4) is 5.75 Å². The highest BCUT2D eigenvalue weighted by atomic mass is 32.3. The van der Waals surface area contributed by atoms with Gasteiger partial charge in [0.25, 0.3) is 0 Å². The first-order valence-electron chi connectivity index (χ1n) is 7.96. The second-order valence-electron chi connectivity index (χ2n) is 5.47. The zero-order valence-corrected chi connectivity index (χ0v) is 14.9. The second kappa shape index (κ2) is 6.65. The largest absolute Gasteiger partial charge is 0.378 e. The molecular formula is C18H21N3O2S. The molecule has 24 heavy (non-hydrogen) atoms. The SMILES string of the molecule is CCS1(CC)C(c2ccccn2)=Cc2nccc(ONC(C)=O)c21. The normalized spacial score (nSPS) is 16.0. The predicted octanol–water partition coefficient (Wildman–Crippen LogP) is 3.62. The number of nitrogens with one attached hydrogen (secondary N) is 1. The minimum absolute atomic E-state index is 0.231. The maximum atomic E-state index is 11.2. The van der Waals surface area contributed by atoms with E-state index in [2.05, 4.69) is 35.4 Å². The number of hydrogen-bond donors (Lipinski definition) is 1. The maximum Gasteiger partial charge on any atom is 0.249 e. The van der Waals surface area contributed by atoms with Gasteiger partial charge in [0.15, 0.2) is 5.75 Å². The average Bonchev–Trinajstić information content (AvgIpc) is 2.96. The topological polar surface area (TPSA) is 64.1 Å². The van der Waals surface area contributed by atoms with Crippen LogP contribution in [0.4, 0.5) is 0 Å². The highest BCUT2D eigenvalue weighted by molar-refractivity contribution is 8.41. The predicted molar refractivity (Wildman–Crippen MR) is 97.7 cm³/mol. The molecule has 0 radical (unpaired) electrons. The van der Waals surface area contributed by atoms with Gasteiger partial charge in [-0.3, -0.25) is 14.8 Å². The molecule has 0 saturated carbocycles. The van der Waals surface area contributed by atoms with E-state index in [0.29, 0.717) is 5.75 Å². The Morgan fingerprint density at radius 1 is 1.17 bits per heavy atom. The number of hydrogen-bond acceptors (Lipinski definition) is 4. The van der Waals surface area contributed by atoms with Gasteiger partial charge in [0.05, 0.1) is 16.3 Å². The summed E-state index contributed by atoms with van der Waals surface area (Å²) in [6.45, 7) is 5.82. The van der Waals surface area contributed by atoms with Gasteiger partial charge in [0.2, 0.25) is 5.91 Å². The minimum atomic E-state index is -1.31. The van der Waals surface area contributed by atoms with Crippen LogP contribution in [0.3, 0.4) is 0 Å². The van der Waals surface area contributed by atoms with E-state index in [9.17, 15) is 4.79 Å². The van der Waals surface area contributed by atoms with Gasteiger partial charge in [-0.2, -0.15) is 15.5 Å². The molecule has 0 bridgehead atoms. The van der Waals surface area contributed by atoms with E-state index in [1.807, 2.05) is 30.5 Å². The van der Waals surface area contributed by atoms with Gasteiger partial charge < -0.3 is 4.84 Å². The van der Waals surface area contributed by atoms with Gasteiger partial charge in [-0.05, 0) is 29.7 Å². The number of carbonyl (C=O) groups excluding carboxylic acids is 1. The Balaban J connectivity index is 2.13. The molecule has 0 aliphatic carbocycles. The van der Waals surface area contributed by atoms with Gasteiger partial charge in [0.1, 0.15) is 0 Å². The van der Waals surface area contributed by atoms with Crippen molar-refractivity contribution in [1.82, 2.24) is 15.4 Å². The molecule has 0 fully saturated rings. The first kappa shape index (κ1) is 16.5. The Hall–Kier alpha value is -2.34. The van der Waals surface area contributed by atoms with Crippen LogP contribution in [0.5, 0.6) is 5.75 Å². The summed E-state index contributed by atoms with van der Waals surface area (Å²) in [5.41, 5.74) is 4.34. The lowest BCUT2D eigenvalue weighted by atomic mass is 10.2. The van der Waals surface area contributed by atoms with Crippen molar-refractivity contribution in [3.05, 3.63) is 48.0 Å². The van der Waals surface area contributed by atoms with Crippen LogP contribution in [0, 0.1) is 0 Å². The van der Waals surface area contributed by atoms with Crippen LogP contribution in [-0.4, -0.2) is 27.4 Å². The zero-order chi connectivity index (χ0) is 17.2. The molecular weight excluding hydrogens is 322 g/mol. The summed E-state index contributed by atoms with van der Waals surface area (Å²) in [6.07, 6.45) is 5.65. The van der Waals surface area contributed by atoms with Gasteiger partial charge in [-0.25, -0.2) is 0 Å². The van der Waals surface area contributed by atoms with Crippen molar-refractivity contribution in [2.75, 3.05) is 11.5 Å². The maximum absolute atomic E-state index is 11.2. The Kier molecular flexibility index (Phi) is 4.57. The minimum Gasteiger partial charge on any atom is -0.378 e. The molecule has 0 aromatic carbocycles. The number of nitrogens with zero attached hydrogens (tertiary/aromatic N) is 2. The molecule has 126 valence electrons. The number of pyridine rings is 2. The zero-order valence-electron chi connectivity index (χ0n) is 14.1. The third-order valence-electron chi connectivity index (χ3n) is 4.18. The summed E-state index contributed by atoms with van der Waals surface area (Å²) in [5, 5.41) is 0. The van der Waals surface area contributed by atoms with Crippen molar-refractivity contribution >= 4 is 26.9 Å². The molecule has 1 N–H and O–H groups in total. The lowest BCUT2D eigenvalue weighted by Gasteiger charge is -2.38. The van der Waals surface area contributed by atoms with Gasteiger partial charge in [-0.1, -0.05) is 19.9 Å². The highest BCUT2D eigenvalue weighted by Gasteiger charge is 2.39. The van der Waals surface area contributed by atoms with Crippen molar-refractivity contribution in [2.24, 2.45) is 0 Å². The lowest BCUT2D eigenvalue weighted by Crippen LogP contribution is -2.24. The molecule has 3 rings (SSSR count). The second-order valence-corrected chi connectivity index (χ2v) is 9.24. The van der Waals surface area contributed by atoms with E-state index in [0.717, 1.165) is 27.8 Å². The Morgan fingerprint density at radius 3 is 2.58 bits per heavy atom. The third-order valence-corrected chi connectivity index (χ3v) is 8.52.